The molecule has 0 aliphatic heterocycles. The predicted octanol–water partition coefficient (Wildman–Crippen LogP) is 2.10. The summed E-state index contributed by atoms with van der Waals surface area (Å²) in [7, 11) is 0. The normalized spacial score (nSPS) is 8.83. The maximum atomic E-state index is 12.6. The van der Waals surface area contributed by atoms with Gasteiger partial charge in [0, 0.05) is 10.7 Å². The van der Waals surface area contributed by atoms with Crippen LogP contribution < -0.4 is 0 Å². The van der Waals surface area contributed by atoms with E-state index in [9.17, 15) is 9.18 Å². The molecule has 0 radical (unpaired) electrons. The molecule has 0 unspecified atom stereocenters. The Morgan fingerprint density at radius 3 is 2.67 bits per heavy atom. The molecule has 0 amide bonds. The van der Waals surface area contributed by atoms with Gasteiger partial charge >= 0.3 is 5.97 Å². The second-order valence-corrected chi connectivity index (χ2v) is 2.70. The Bertz CT molecular complexity index is 308. The fourth-order valence-corrected chi connectivity index (χ4v) is 0.875. The minimum Gasteiger partial charge on any atom is -0.476 e. The second-order valence-electron chi connectivity index (χ2n) is 1.79. The number of hydrogen-bond acceptors (Lipinski definition) is 2. The summed E-state index contributed by atoms with van der Waals surface area (Å²) in [5.41, 5.74) is -0.562. The number of rotatable bonds is 1. The van der Waals surface area contributed by atoms with Gasteiger partial charge in [-0.15, -0.1) is 12.4 Å². The number of hydrogen-bond donors (Lipinski definition) is 1. The molecule has 0 aliphatic rings. The van der Waals surface area contributed by atoms with Crippen LogP contribution >= 0.6 is 28.3 Å². The van der Waals surface area contributed by atoms with Crippen LogP contribution in [0.1, 0.15) is 10.5 Å². The lowest BCUT2D eigenvalue weighted by Crippen LogP contribution is -2.03. The molecule has 0 fully saturated rings. The van der Waals surface area contributed by atoms with Gasteiger partial charge in [-0.25, -0.2) is 14.2 Å². The molecule has 0 spiro atoms. The van der Waals surface area contributed by atoms with Gasteiger partial charge in [0.05, 0.1) is 0 Å². The van der Waals surface area contributed by atoms with E-state index in [1.54, 1.807) is 0 Å². The maximum absolute atomic E-state index is 12.6. The average molecular weight is 256 g/mol. The summed E-state index contributed by atoms with van der Waals surface area (Å²) in [5.74, 6) is -2.21. The number of carboxylic acids is 1. The van der Waals surface area contributed by atoms with Crippen molar-refractivity contribution in [1.29, 1.82) is 0 Å². The van der Waals surface area contributed by atoms with Crippen LogP contribution in [-0.2, 0) is 0 Å². The van der Waals surface area contributed by atoms with Gasteiger partial charge in [-0.2, -0.15) is 0 Å². The maximum Gasteiger partial charge on any atom is 0.357 e. The van der Waals surface area contributed by atoms with E-state index in [1.807, 2.05) is 0 Å². The number of nitrogens with zero attached hydrogens (tertiary/aromatic N) is 1. The summed E-state index contributed by atoms with van der Waals surface area (Å²) in [4.78, 5) is 13.6. The van der Waals surface area contributed by atoms with Crippen molar-refractivity contribution in [2.24, 2.45) is 0 Å². The van der Waals surface area contributed by atoms with Gasteiger partial charge in [-0.1, -0.05) is 0 Å². The van der Waals surface area contributed by atoms with Crippen LogP contribution in [0.3, 0.4) is 0 Å². The Labute approximate surface area is 82.2 Å². The van der Waals surface area contributed by atoms with Gasteiger partial charge in [0.2, 0.25) is 0 Å². The standard InChI is InChI=1S/C6H3BrFNO2.ClH/c7-3-1-4(8)5(6(10)11)9-2-3;/h1-2H,(H,10,11);1H. The van der Waals surface area contributed by atoms with Crippen molar-refractivity contribution < 1.29 is 14.3 Å². The zero-order valence-corrected chi connectivity index (χ0v) is 8.02. The van der Waals surface area contributed by atoms with Crippen LogP contribution in [0.25, 0.3) is 0 Å². The highest BCUT2D eigenvalue weighted by Crippen LogP contribution is 2.11. The molecule has 1 rings (SSSR count). The van der Waals surface area contributed by atoms with Crippen molar-refractivity contribution in [3.63, 3.8) is 0 Å². The van der Waals surface area contributed by atoms with Crippen LogP contribution in [0.2, 0.25) is 0 Å². The number of carbonyl (C=O) groups is 1. The van der Waals surface area contributed by atoms with Crippen molar-refractivity contribution in [2.75, 3.05) is 0 Å². The third-order valence-electron chi connectivity index (χ3n) is 1.01. The van der Waals surface area contributed by atoms with E-state index in [1.165, 1.54) is 6.20 Å². The van der Waals surface area contributed by atoms with Gasteiger partial charge in [-0.3, -0.25) is 0 Å². The Kier molecular flexibility index (Phi) is 4.12. The number of pyridine rings is 1. The van der Waals surface area contributed by atoms with Crippen molar-refractivity contribution in [3.05, 3.63) is 28.2 Å². The minimum absolute atomic E-state index is 0. The van der Waals surface area contributed by atoms with E-state index in [4.69, 9.17) is 5.11 Å². The number of aromatic nitrogens is 1. The molecule has 1 heterocycles. The van der Waals surface area contributed by atoms with Crippen LogP contribution in [0.15, 0.2) is 16.7 Å². The molecule has 1 aromatic rings. The largest absolute Gasteiger partial charge is 0.476 e. The Morgan fingerprint density at radius 1 is 1.67 bits per heavy atom. The number of halogens is 3. The van der Waals surface area contributed by atoms with Crippen LogP contribution in [0, 0.1) is 5.82 Å². The zero-order chi connectivity index (χ0) is 8.43. The summed E-state index contributed by atoms with van der Waals surface area (Å²) in [6.07, 6.45) is 1.23. The smallest absolute Gasteiger partial charge is 0.357 e. The molecule has 1 aromatic heterocycles. The average Bonchev–Trinajstić information content (AvgIpc) is 1.85. The van der Waals surface area contributed by atoms with Crippen molar-refractivity contribution in [2.45, 2.75) is 0 Å². The summed E-state index contributed by atoms with van der Waals surface area (Å²) >= 11 is 2.95. The van der Waals surface area contributed by atoms with E-state index in [2.05, 4.69) is 20.9 Å². The molecular formula is C6H4BrClFNO2. The van der Waals surface area contributed by atoms with E-state index in [-0.39, 0.29) is 12.4 Å². The Hall–Kier alpha value is -0.680. The number of aromatic carboxylic acids is 1. The molecule has 0 saturated carbocycles. The molecule has 6 heteroatoms. The molecule has 12 heavy (non-hydrogen) atoms. The van der Waals surface area contributed by atoms with Crippen molar-refractivity contribution >= 4 is 34.3 Å². The highest BCUT2D eigenvalue weighted by Gasteiger charge is 2.10. The molecule has 0 aliphatic carbocycles. The first-order chi connectivity index (χ1) is 5.11. The summed E-state index contributed by atoms with van der Waals surface area (Å²) in [6, 6.07) is 1.05. The van der Waals surface area contributed by atoms with E-state index >= 15 is 0 Å². The topological polar surface area (TPSA) is 50.2 Å². The third-order valence-corrected chi connectivity index (χ3v) is 1.44. The van der Waals surface area contributed by atoms with Gasteiger partial charge in [0.1, 0.15) is 0 Å². The summed E-state index contributed by atoms with van der Waals surface area (Å²) in [5, 5.41) is 8.34. The van der Waals surface area contributed by atoms with E-state index in [0.29, 0.717) is 4.47 Å². The Morgan fingerprint density at radius 2 is 2.25 bits per heavy atom. The van der Waals surface area contributed by atoms with E-state index < -0.39 is 17.5 Å². The monoisotopic (exact) mass is 255 g/mol. The lowest BCUT2D eigenvalue weighted by Gasteiger charge is -1.94. The molecule has 3 nitrogen and oxygen atoms in total. The first-order valence-corrected chi connectivity index (χ1v) is 3.45. The summed E-state index contributed by atoms with van der Waals surface area (Å²) in [6.45, 7) is 0. The van der Waals surface area contributed by atoms with Crippen LogP contribution in [0.5, 0.6) is 0 Å². The first-order valence-electron chi connectivity index (χ1n) is 2.65. The highest BCUT2D eigenvalue weighted by atomic mass is 79.9. The van der Waals surface area contributed by atoms with Crippen LogP contribution in [-0.4, -0.2) is 16.1 Å². The lowest BCUT2D eigenvalue weighted by atomic mass is 10.3. The van der Waals surface area contributed by atoms with Crippen molar-refractivity contribution in [3.8, 4) is 0 Å². The molecular weight excluding hydrogens is 252 g/mol. The van der Waals surface area contributed by atoms with Gasteiger partial charge in [-0.05, 0) is 22.0 Å². The molecule has 0 atom stereocenters. The lowest BCUT2D eigenvalue weighted by molar-refractivity contribution is 0.0685. The fraction of sp³-hybridized carbons (Fsp3) is 0. The predicted molar refractivity (Wildman–Crippen MR) is 46.1 cm³/mol. The molecule has 0 bridgehead atoms. The summed E-state index contributed by atoms with van der Waals surface area (Å²) < 4.78 is 13.0. The SMILES string of the molecule is Cl.O=C(O)c1ncc(Br)cc1F. The third kappa shape index (κ3) is 2.42. The Balaban J connectivity index is 0.00000121. The van der Waals surface area contributed by atoms with E-state index in [0.717, 1.165) is 6.07 Å². The zero-order valence-electron chi connectivity index (χ0n) is 5.62. The highest BCUT2D eigenvalue weighted by molar-refractivity contribution is 9.10. The first kappa shape index (κ1) is 11.3. The van der Waals surface area contributed by atoms with Gasteiger partial charge in [0.15, 0.2) is 11.5 Å². The molecule has 0 aromatic carbocycles. The second kappa shape index (κ2) is 4.37. The van der Waals surface area contributed by atoms with Crippen LogP contribution in [0.4, 0.5) is 4.39 Å². The minimum atomic E-state index is -1.37. The number of carboxylic acid groups (broad SMARTS) is 1. The van der Waals surface area contributed by atoms with Gasteiger partial charge in [0.25, 0.3) is 0 Å². The van der Waals surface area contributed by atoms with Crippen molar-refractivity contribution in [1.82, 2.24) is 4.98 Å². The quantitative estimate of drug-likeness (QED) is 0.837. The van der Waals surface area contributed by atoms with Gasteiger partial charge < -0.3 is 5.11 Å². The molecule has 0 saturated heterocycles. The molecule has 1 N–H and O–H groups in total. The molecule has 66 valence electrons. The fourth-order valence-electron chi connectivity index (χ4n) is 0.572.